The lowest BCUT2D eigenvalue weighted by molar-refractivity contribution is -0.138. The fraction of sp³-hybridized carbons (Fsp3) is 0.625. The van der Waals surface area contributed by atoms with Gasteiger partial charge in [-0.05, 0) is 29.9 Å². The molecule has 21 heavy (non-hydrogen) atoms. The Balaban J connectivity index is 2.34. The molecule has 1 aromatic carbocycles. The fourth-order valence-electron chi connectivity index (χ4n) is 3.48. The van der Waals surface area contributed by atoms with Gasteiger partial charge in [-0.15, -0.1) is 0 Å². The minimum absolute atomic E-state index is 0.201. The molecular formula is C16H23F3N2. The maximum atomic E-state index is 13.2. The van der Waals surface area contributed by atoms with E-state index in [1.807, 2.05) is 0 Å². The first-order valence-corrected chi connectivity index (χ1v) is 7.43. The maximum Gasteiger partial charge on any atom is 0.416 e. The summed E-state index contributed by atoms with van der Waals surface area (Å²) in [6.45, 7) is 6.10. The lowest BCUT2D eigenvalue weighted by Gasteiger charge is -2.40. The SMILES string of the molecule is CC1CC(C)CN(C(CN)c2ccccc2C(F)(F)F)C1. The number of nitrogens with zero attached hydrogens (tertiary/aromatic N) is 1. The Morgan fingerprint density at radius 3 is 2.29 bits per heavy atom. The third-order valence-electron chi connectivity index (χ3n) is 4.19. The van der Waals surface area contributed by atoms with Gasteiger partial charge in [0.25, 0.3) is 0 Å². The van der Waals surface area contributed by atoms with Crippen molar-refractivity contribution >= 4 is 0 Å². The van der Waals surface area contributed by atoms with Crippen LogP contribution in [0.1, 0.15) is 37.4 Å². The average Bonchev–Trinajstić information content (AvgIpc) is 2.38. The molecule has 0 bridgehead atoms. The molecule has 1 aliphatic heterocycles. The van der Waals surface area contributed by atoms with E-state index in [2.05, 4.69) is 18.7 Å². The Bertz CT molecular complexity index is 463. The summed E-state index contributed by atoms with van der Waals surface area (Å²) in [6.07, 6.45) is -3.22. The zero-order valence-electron chi connectivity index (χ0n) is 12.5. The normalized spacial score (nSPS) is 25.8. The minimum atomic E-state index is -4.34. The quantitative estimate of drug-likeness (QED) is 0.922. The summed E-state index contributed by atoms with van der Waals surface area (Å²) in [5.74, 6) is 0.974. The van der Waals surface area contributed by atoms with Crippen molar-refractivity contribution in [2.45, 2.75) is 32.5 Å². The van der Waals surface area contributed by atoms with Crippen molar-refractivity contribution in [1.29, 1.82) is 0 Å². The number of hydrogen-bond acceptors (Lipinski definition) is 2. The van der Waals surface area contributed by atoms with Gasteiger partial charge in [0, 0.05) is 25.7 Å². The van der Waals surface area contributed by atoms with Crippen LogP contribution < -0.4 is 5.73 Å². The molecule has 5 heteroatoms. The van der Waals surface area contributed by atoms with E-state index in [0.29, 0.717) is 17.4 Å². The van der Waals surface area contributed by atoms with Gasteiger partial charge < -0.3 is 5.73 Å². The number of alkyl halides is 3. The van der Waals surface area contributed by atoms with Gasteiger partial charge in [0.1, 0.15) is 0 Å². The predicted octanol–water partition coefficient (Wildman–Crippen LogP) is 3.68. The molecule has 0 spiro atoms. The second-order valence-corrected chi connectivity index (χ2v) is 6.24. The zero-order valence-corrected chi connectivity index (χ0v) is 12.5. The van der Waals surface area contributed by atoms with E-state index in [4.69, 9.17) is 5.73 Å². The van der Waals surface area contributed by atoms with Crippen molar-refractivity contribution in [1.82, 2.24) is 4.90 Å². The summed E-state index contributed by atoms with van der Waals surface area (Å²) in [7, 11) is 0. The van der Waals surface area contributed by atoms with E-state index in [-0.39, 0.29) is 12.6 Å². The third-order valence-corrected chi connectivity index (χ3v) is 4.19. The average molecular weight is 300 g/mol. The number of hydrogen-bond donors (Lipinski definition) is 1. The van der Waals surface area contributed by atoms with Crippen molar-refractivity contribution in [3.05, 3.63) is 35.4 Å². The highest BCUT2D eigenvalue weighted by Crippen LogP contribution is 2.37. The molecule has 3 unspecified atom stereocenters. The van der Waals surface area contributed by atoms with Crippen molar-refractivity contribution < 1.29 is 13.2 Å². The predicted molar refractivity (Wildman–Crippen MR) is 77.8 cm³/mol. The highest BCUT2D eigenvalue weighted by Gasteiger charge is 2.37. The molecular weight excluding hydrogens is 277 g/mol. The number of benzene rings is 1. The Labute approximate surface area is 124 Å². The molecule has 0 aromatic heterocycles. The van der Waals surface area contributed by atoms with Crippen LogP contribution in [0.4, 0.5) is 13.2 Å². The van der Waals surface area contributed by atoms with Gasteiger partial charge in [-0.1, -0.05) is 32.0 Å². The van der Waals surface area contributed by atoms with Gasteiger partial charge in [0.15, 0.2) is 0 Å². The molecule has 2 rings (SSSR count). The summed E-state index contributed by atoms with van der Waals surface area (Å²) >= 11 is 0. The van der Waals surface area contributed by atoms with Crippen LogP contribution in [0.15, 0.2) is 24.3 Å². The summed E-state index contributed by atoms with van der Waals surface area (Å²) in [5, 5.41) is 0. The van der Waals surface area contributed by atoms with Crippen molar-refractivity contribution in [3.8, 4) is 0 Å². The van der Waals surface area contributed by atoms with Crippen molar-refractivity contribution in [3.63, 3.8) is 0 Å². The van der Waals surface area contributed by atoms with Crippen LogP contribution >= 0.6 is 0 Å². The first-order chi connectivity index (χ1) is 9.82. The Morgan fingerprint density at radius 2 is 1.76 bits per heavy atom. The van der Waals surface area contributed by atoms with Gasteiger partial charge in [-0.25, -0.2) is 0 Å². The Morgan fingerprint density at radius 1 is 1.19 bits per heavy atom. The molecule has 3 atom stereocenters. The molecule has 2 N–H and O–H groups in total. The number of rotatable bonds is 3. The highest BCUT2D eigenvalue weighted by atomic mass is 19.4. The van der Waals surface area contributed by atoms with Gasteiger partial charge in [-0.2, -0.15) is 13.2 Å². The van der Waals surface area contributed by atoms with E-state index in [9.17, 15) is 13.2 Å². The van der Waals surface area contributed by atoms with Gasteiger partial charge in [-0.3, -0.25) is 4.90 Å². The van der Waals surface area contributed by atoms with Crippen LogP contribution in [0.3, 0.4) is 0 Å². The summed E-state index contributed by atoms with van der Waals surface area (Å²) in [4.78, 5) is 2.11. The molecule has 1 fully saturated rings. The van der Waals surface area contributed by atoms with Gasteiger partial charge in [0.05, 0.1) is 5.56 Å². The lowest BCUT2D eigenvalue weighted by atomic mass is 9.89. The Kier molecular flexibility index (Phi) is 4.94. The van der Waals surface area contributed by atoms with Crippen LogP contribution in [0.2, 0.25) is 0 Å². The molecule has 0 saturated carbocycles. The summed E-state index contributed by atoms with van der Waals surface area (Å²) in [5.41, 5.74) is 5.57. The molecule has 118 valence electrons. The van der Waals surface area contributed by atoms with Crippen LogP contribution in [-0.2, 0) is 6.18 Å². The van der Waals surface area contributed by atoms with Crippen molar-refractivity contribution in [2.75, 3.05) is 19.6 Å². The molecule has 1 aliphatic rings. The van der Waals surface area contributed by atoms with Crippen LogP contribution in [0.25, 0.3) is 0 Å². The molecule has 1 aromatic rings. The zero-order chi connectivity index (χ0) is 15.6. The van der Waals surface area contributed by atoms with Crippen LogP contribution in [0, 0.1) is 11.8 Å². The van der Waals surface area contributed by atoms with Gasteiger partial charge >= 0.3 is 6.18 Å². The second-order valence-electron chi connectivity index (χ2n) is 6.24. The fourth-order valence-corrected chi connectivity index (χ4v) is 3.48. The number of nitrogens with two attached hydrogens (primary N) is 1. The topological polar surface area (TPSA) is 29.3 Å². The summed E-state index contributed by atoms with van der Waals surface area (Å²) in [6, 6.07) is 5.43. The molecule has 0 aliphatic carbocycles. The van der Waals surface area contributed by atoms with E-state index in [1.165, 1.54) is 6.07 Å². The van der Waals surface area contributed by atoms with Crippen LogP contribution in [-0.4, -0.2) is 24.5 Å². The molecule has 0 amide bonds. The number of likely N-dealkylation sites (tertiary alicyclic amines) is 1. The monoisotopic (exact) mass is 300 g/mol. The third kappa shape index (κ3) is 3.77. The molecule has 0 radical (unpaired) electrons. The highest BCUT2D eigenvalue weighted by molar-refractivity contribution is 5.32. The Hall–Kier alpha value is -1.07. The maximum absolute atomic E-state index is 13.2. The van der Waals surface area contributed by atoms with Crippen molar-refractivity contribution in [2.24, 2.45) is 17.6 Å². The first kappa shape index (κ1) is 16.3. The lowest BCUT2D eigenvalue weighted by Crippen LogP contribution is -2.44. The van der Waals surface area contributed by atoms with E-state index < -0.39 is 11.7 Å². The van der Waals surface area contributed by atoms with E-state index >= 15 is 0 Å². The first-order valence-electron chi connectivity index (χ1n) is 7.43. The molecule has 1 heterocycles. The minimum Gasteiger partial charge on any atom is -0.329 e. The van der Waals surface area contributed by atoms with E-state index in [0.717, 1.165) is 25.6 Å². The molecule has 1 saturated heterocycles. The molecule has 2 nitrogen and oxygen atoms in total. The standard InChI is InChI=1S/C16H23F3N2/c1-11-7-12(2)10-21(9-11)15(8-20)13-5-3-4-6-14(13)16(17,18)19/h3-6,11-12,15H,7-10,20H2,1-2H3. The number of halogens is 3. The van der Waals surface area contributed by atoms with E-state index in [1.54, 1.807) is 12.1 Å². The smallest absolute Gasteiger partial charge is 0.329 e. The summed E-state index contributed by atoms with van der Waals surface area (Å²) < 4.78 is 39.6. The second kappa shape index (κ2) is 6.36. The largest absolute Gasteiger partial charge is 0.416 e. The van der Waals surface area contributed by atoms with Crippen LogP contribution in [0.5, 0.6) is 0 Å². The van der Waals surface area contributed by atoms with Gasteiger partial charge in [0.2, 0.25) is 0 Å². The number of piperidine rings is 1.